The molecule has 0 unspecified atom stereocenters. The standard InChI is InChI=1S/C17H24N2O4S/c1-12-11-15(12)16-5-3-14(23-16)4-6-17(20)19-9-7-13(8-10-19)18-24(2,21)22/h3-6,12-13,15,18H,7-11H2,1-2H3/b6-4+/t12-,15+/m0/s1. The third-order valence-corrected chi connectivity index (χ3v) is 5.46. The van der Waals surface area contributed by atoms with Gasteiger partial charge >= 0.3 is 0 Å². The number of furan rings is 1. The maximum atomic E-state index is 12.2. The van der Waals surface area contributed by atoms with Crippen LogP contribution in [-0.2, 0) is 14.8 Å². The van der Waals surface area contributed by atoms with E-state index in [-0.39, 0.29) is 11.9 Å². The van der Waals surface area contributed by atoms with Crippen molar-refractivity contribution in [3.05, 3.63) is 29.7 Å². The van der Waals surface area contributed by atoms with Gasteiger partial charge in [-0.2, -0.15) is 0 Å². The highest BCUT2D eigenvalue weighted by Gasteiger charge is 2.36. The number of nitrogens with one attached hydrogen (secondary N) is 1. The van der Waals surface area contributed by atoms with Crippen LogP contribution in [0.4, 0.5) is 0 Å². The molecular formula is C17H24N2O4S. The Morgan fingerprint density at radius 1 is 1.33 bits per heavy atom. The summed E-state index contributed by atoms with van der Waals surface area (Å²) in [5.41, 5.74) is 0. The van der Waals surface area contributed by atoms with Crippen LogP contribution in [0.5, 0.6) is 0 Å². The highest BCUT2D eigenvalue weighted by molar-refractivity contribution is 7.88. The Kier molecular flexibility index (Phi) is 4.83. The van der Waals surface area contributed by atoms with Crippen LogP contribution in [0.3, 0.4) is 0 Å². The van der Waals surface area contributed by atoms with Crippen molar-refractivity contribution in [1.82, 2.24) is 9.62 Å². The minimum Gasteiger partial charge on any atom is -0.461 e. The van der Waals surface area contributed by atoms with Crippen molar-refractivity contribution in [2.45, 2.75) is 38.1 Å². The summed E-state index contributed by atoms with van der Waals surface area (Å²) in [5.74, 6) is 2.86. The summed E-state index contributed by atoms with van der Waals surface area (Å²) in [4.78, 5) is 14.0. The number of carbonyl (C=O) groups is 1. The van der Waals surface area contributed by atoms with Crippen molar-refractivity contribution in [3.63, 3.8) is 0 Å². The van der Waals surface area contributed by atoms with Crippen molar-refractivity contribution in [2.75, 3.05) is 19.3 Å². The SMILES string of the molecule is C[C@H]1C[C@H]1c1ccc(/C=C/C(=O)N2CCC(NS(C)(=O)=O)CC2)o1. The van der Waals surface area contributed by atoms with Crippen molar-refractivity contribution < 1.29 is 17.6 Å². The summed E-state index contributed by atoms with van der Waals surface area (Å²) in [5, 5.41) is 0. The molecule has 2 fully saturated rings. The zero-order chi connectivity index (χ0) is 17.3. The summed E-state index contributed by atoms with van der Waals surface area (Å²) in [6.45, 7) is 3.31. The number of likely N-dealkylation sites (tertiary alicyclic amines) is 1. The second-order valence-electron chi connectivity index (χ2n) is 6.88. The fourth-order valence-corrected chi connectivity index (χ4v) is 4.00. The molecule has 2 atom stereocenters. The van der Waals surface area contributed by atoms with Crippen LogP contribution in [-0.4, -0.2) is 44.6 Å². The van der Waals surface area contributed by atoms with Gasteiger partial charge in [-0.3, -0.25) is 4.79 Å². The lowest BCUT2D eigenvalue weighted by Gasteiger charge is -2.31. The first-order valence-electron chi connectivity index (χ1n) is 8.36. The molecule has 2 aliphatic rings. The topological polar surface area (TPSA) is 79.6 Å². The van der Waals surface area contributed by atoms with Gasteiger partial charge in [-0.15, -0.1) is 0 Å². The number of hydrogen-bond acceptors (Lipinski definition) is 4. The van der Waals surface area contributed by atoms with Crippen LogP contribution in [0.1, 0.15) is 43.6 Å². The van der Waals surface area contributed by atoms with E-state index in [1.54, 1.807) is 11.0 Å². The number of amides is 1. The summed E-state index contributed by atoms with van der Waals surface area (Å²) >= 11 is 0. The van der Waals surface area contributed by atoms with Gasteiger partial charge < -0.3 is 9.32 Å². The second-order valence-corrected chi connectivity index (χ2v) is 8.66. The van der Waals surface area contributed by atoms with Crippen molar-refractivity contribution >= 4 is 22.0 Å². The lowest BCUT2D eigenvalue weighted by atomic mass is 10.1. The van der Waals surface area contributed by atoms with Crippen LogP contribution in [0, 0.1) is 5.92 Å². The molecule has 24 heavy (non-hydrogen) atoms. The summed E-state index contributed by atoms with van der Waals surface area (Å²) < 4.78 is 30.8. The molecule has 7 heteroatoms. The highest BCUT2D eigenvalue weighted by atomic mass is 32.2. The molecule has 2 heterocycles. The molecule has 1 N–H and O–H groups in total. The zero-order valence-corrected chi connectivity index (χ0v) is 14.9. The average molecular weight is 352 g/mol. The summed E-state index contributed by atoms with van der Waals surface area (Å²) in [7, 11) is -3.19. The summed E-state index contributed by atoms with van der Waals surface area (Å²) in [6, 6.07) is 3.80. The number of carbonyl (C=O) groups excluding carboxylic acids is 1. The molecule has 1 aromatic rings. The molecule has 1 saturated heterocycles. The quantitative estimate of drug-likeness (QED) is 0.822. The normalized spacial score (nSPS) is 25.3. The van der Waals surface area contributed by atoms with Gasteiger partial charge in [-0.1, -0.05) is 6.92 Å². The Morgan fingerprint density at radius 3 is 2.58 bits per heavy atom. The molecule has 6 nitrogen and oxygen atoms in total. The van der Waals surface area contributed by atoms with Gasteiger partial charge in [0, 0.05) is 31.1 Å². The largest absolute Gasteiger partial charge is 0.461 e. The minimum absolute atomic E-state index is 0.0643. The van der Waals surface area contributed by atoms with Gasteiger partial charge in [-0.05, 0) is 43.4 Å². The number of hydrogen-bond donors (Lipinski definition) is 1. The molecule has 0 radical (unpaired) electrons. The Labute approximate surface area is 143 Å². The summed E-state index contributed by atoms with van der Waals surface area (Å²) in [6.07, 6.45) is 6.84. The van der Waals surface area contributed by atoms with Crippen LogP contribution in [0.2, 0.25) is 0 Å². The molecule has 1 aliphatic heterocycles. The lowest BCUT2D eigenvalue weighted by Crippen LogP contribution is -2.45. The van der Waals surface area contributed by atoms with E-state index in [0.717, 1.165) is 12.0 Å². The van der Waals surface area contributed by atoms with Crippen molar-refractivity contribution in [1.29, 1.82) is 0 Å². The third kappa shape index (κ3) is 4.48. The van der Waals surface area contributed by atoms with E-state index in [2.05, 4.69) is 11.6 Å². The average Bonchev–Trinajstić information content (AvgIpc) is 3.06. The van der Waals surface area contributed by atoms with Gasteiger partial charge in [-0.25, -0.2) is 13.1 Å². The van der Waals surface area contributed by atoms with E-state index in [1.165, 1.54) is 12.5 Å². The first-order chi connectivity index (χ1) is 11.3. The second kappa shape index (κ2) is 6.72. The van der Waals surface area contributed by atoms with E-state index in [1.807, 2.05) is 12.1 Å². The fraction of sp³-hybridized carbons (Fsp3) is 0.588. The van der Waals surface area contributed by atoms with Gasteiger partial charge in [0.1, 0.15) is 11.5 Å². The molecule has 3 rings (SSSR count). The number of rotatable bonds is 5. The molecule has 0 spiro atoms. The smallest absolute Gasteiger partial charge is 0.246 e. The molecular weight excluding hydrogens is 328 g/mol. The highest BCUT2D eigenvalue weighted by Crippen LogP contribution is 2.47. The molecule has 0 bridgehead atoms. The van der Waals surface area contributed by atoms with Crippen LogP contribution >= 0.6 is 0 Å². The Hall–Kier alpha value is -1.60. The Morgan fingerprint density at radius 2 is 2.00 bits per heavy atom. The van der Waals surface area contributed by atoms with Crippen LogP contribution < -0.4 is 4.72 Å². The molecule has 1 aliphatic carbocycles. The van der Waals surface area contributed by atoms with Crippen LogP contribution in [0.25, 0.3) is 6.08 Å². The Bertz CT molecular complexity index is 730. The third-order valence-electron chi connectivity index (χ3n) is 4.70. The molecule has 1 amide bonds. The van der Waals surface area contributed by atoms with Gasteiger partial charge in [0.15, 0.2) is 0 Å². The Balaban J connectivity index is 1.49. The minimum atomic E-state index is -3.19. The maximum Gasteiger partial charge on any atom is 0.246 e. The lowest BCUT2D eigenvalue weighted by molar-refractivity contribution is -0.126. The molecule has 0 aromatic carbocycles. The first kappa shape index (κ1) is 17.2. The van der Waals surface area contributed by atoms with Crippen molar-refractivity contribution in [2.24, 2.45) is 5.92 Å². The van der Waals surface area contributed by atoms with E-state index >= 15 is 0 Å². The van der Waals surface area contributed by atoms with Crippen molar-refractivity contribution in [3.8, 4) is 0 Å². The number of nitrogens with zero attached hydrogens (tertiary/aromatic N) is 1. The predicted molar refractivity (Wildman–Crippen MR) is 91.8 cm³/mol. The maximum absolute atomic E-state index is 12.2. The van der Waals surface area contributed by atoms with E-state index in [0.29, 0.717) is 43.5 Å². The van der Waals surface area contributed by atoms with E-state index in [4.69, 9.17) is 4.42 Å². The van der Waals surface area contributed by atoms with Gasteiger partial charge in [0.25, 0.3) is 0 Å². The molecule has 132 valence electrons. The van der Waals surface area contributed by atoms with E-state index in [9.17, 15) is 13.2 Å². The van der Waals surface area contributed by atoms with Gasteiger partial charge in [0.2, 0.25) is 15.9 Å². The van der Waals surface area contributed by atoms with Crippen LogP contribution in [0.15, 0.2) is 22.6 Å². The first-order valence-corrected chi connectivity index (χ1v) is 10.2. The fourth-order valence-electron chi connectivity index (χ4n) is 3.16. The van der Waals surface area contributed by atoms with E-state index < -0.39 is 10.0 Å². The monoisotopic (exact) mass is 352 g/mol. The number of piperidine rings is 1. The van der Waals surface area contributed by atoms with Gasteiger partial charge in [0.05, 0.1) is 6.26 Å². The molecule has 1 aromatic heterocycles. The number of sulfonamides is 1. The zero-order valence-electron chi connectivity index (χ0n) is 14.1. The molecule has 1 saturated carbocycles. The predicted octanol–water partition coefficient (Wildman–Crippen LogP) is 1.96.